The van der Waals surface area contributed by atoms with E-state index < -0.39 is 0 Å². The van der Waals surface area contributed by atoms with Gasteiger partial charge in [0.05, 0.1) is 0 Å². The molecule has 3 nitrogen and oxygen atoms in total. The Hall–Kier alpha value is -1.64. The van der Waals surface area contributed by atoms with Crippen molar-refractivity contribution in [3.8, 4) is 5.82 Å². The van der Waals surface area contributed by atoms with Gasteiger partial charge in [0.15, 0.2) is 0 Å². The second kappa shape index (κ2) is 4.70. The quantitative estimate of drug-likeness (QED) is 0.806. The zero-order valence-electron chi connectivity index (χ0n) is 10.9. The molecule has 2 heterocycles. The van der Waals surface area contributed by atoms with E-state index >= 15 is 0 Å². The Morgan fingerprint density at radius 1 is 1.06 bits per heavy atom. The molecule has 0 spiro atoms. The van der Waals surface area contributed by atoms with Gasteiger partial charge in [0.2, 0.25) is 0 Å². The van der Waals surface area contributed by atoms with Crippen LogP contribution in [-0.4, -0.2) is 14.5 Å². The molecule has 3 heteroatoms. The number of rotatable bonds is 3. The number of pyridine rings is 1. The van der Waals surface area contributed by atoms with Crippen LogP contribution in [0, 0.1) is 0 Å². The summed E-state index contributed by atoms with van der Waals surface area (Å²) in [6.07, 6.45) is 7.46. The molecular formula is C14H19N3. The first-order valence-electron chi connectivity index (χ1n) is 6.07. The van der Waals surface area contributed by atoms with Crippen molar-refractivity contribution in [3.63, 3.8) is 0 Å². The molecule has 0 amide bonds. The van der Waals surface area contributed by atoms with Crippen molar-refractivity contribution in [2.75, 3.05) is 0 Å². The average Bonchev–Trinajstić information content (AvgIpc) is 2.81. The van der Waals surface area contributed by atoms with Crippen LogP contribution in [0.15, 0.2) is 31.0 Å². The maximum absolute atomic E-state index is 4.51. The summed E-state index contributed by atoms with van der Waals surface area (Å²) >= 11 is 0. The lowest BCUT2D eigenvalue weighted by Gasteiger charge is -2.16. The first-order chi connectivity index (χ1) is 8.09. The Labute approximate surface area is 103 Å². The van der Waals surface area contributed by atoms with Crippen molar-refractivity contribution in [2.45, 2.75) is 39.5 Å². The third-order valence-corrected chi connectivity index (χ3v) is 2.97. The molecule has 90 valence electrons. The largest absolute Gasteiger partial charge is 0.291 e. The normalized spacial score (nSPS) is 11.4. The van der Waals surface area contributed by atoms with E-state index in [1.54, 1.807) is 12.5 Å². The van der Waals surface area contributed by atoms with Crippen LogP contribution < -0.4 is 0 Å². The Bertz CT molecular complexity index is 484. The summed E-state index contributed by atoms with van der Waals surface area (Å²) in [5, 5.41) is 0. The van der Waals surface area contributed by atoms with Crippen molar-refractivity contribution in [1.29, 1.82) is 0 Å². The average molecular weight is 229 g/mol. The zero-order chi connectivity index (χ0) is 12.4. The van der Waals surface area contributed by atoms with Gasteiger partial charge in [-0.25, -0.2) is 9.97 Å². The third kappa shape index (κ3) is 2.38. The summed E-state index contributed by atoms with van der Waals surface area (Å²) in [6, 6.07) is 2.17. The lowest BCUT2D eigenvalue weighted by molar-refractivity contribution is 0.777. The molecule has 0 saturated carbocycles. The van der Waals surface area contributed by atoms with Gasteiger partial charge in [0, 0.05) is 18.6 Å². The van der Waals surface area contributed by atoms with E-state index in [1.807, 2.05) is 17.0 Å². The van der Waals surface area contributed by atoms with E-state index in [0.717, 1.165) is 5.82 Å². The van der Waals surface area contributed by atoms with Crippen LogP contribution in [0.5, 0.6) is 0 Å². The monoisotopic (exact) mass is 229 g/mol. The number of aromatic nitrogens is 3. The Morgan fingerprint density at radius 2 is 1.76 bits per heavy atom. The highest BCUT2D eigenvalue weighted by molar-refractivity contribution is 5.37. The highest BCUT2D eigenvalue weighted by Crippen LogP contribution is 2.26. The topological polar surface area (TPSA) is 30.7 Å². The van der Waals surface area contributed by atoms with Crippen LogP contribution in [0.3, 0.4) is 0 Å². The summed E-state index contributed by atoms with van der Waals surface area (Å²) < 4.78 is 1.94. The first-order valence-corrected chi connectivity index (χ1v) is 6.07. The van der Waals surface area contributed by atoms with Crippen molar-refractivity contribution >= 4 is 0 Å². The van der Waals surface area contributed by atoms with Crippen molar-refractivity contribution in [1.82, 2.24) is 14.5 Å². The van der Waals surface area contributed by atoms with Gasteiger partial charge < -0.3 is 0 Å². The fourth-order valence-corrected chi connectivity index (χ4v) is 1.99. The Kier molecular flexibility index (Phi) is 3.27. The van der Waals surface area contributed by atoms with Gasteiger partial charge >= 0.3 is 0 Å². The van der Waals surface area contributed by atoms with Crippen molar-refractivity contribution in [3.05, 3.63) is 42.1 Å². The van der Waals surface area contributed by atoms with Gasteiger partial charge in [0.1, 0.15) is 12.1 Å². The number of nitrogens with zero attached hydrogens (tertiary/aromatic N) is 3. The van der Waals surface area contributed by atoms with E-state index in [1.165, 1.54) is 11.1 Å². The van der Waals surface area contributed by atoms with Gasteiger partial charge in [-0.3, -0.25) is 4.57 Å². The number of hydrogen-bond donors (Lipinski definition) is 0. The van der Waals surface area contributed by atoms with Crippen LogP contribution in [0.2, 0.25) is 0 Å². The SMILES string of the molecule is CC(C)c1cnc(-n2ccnc2)cc1C(C)C. The van der Waals surface area contributed by atoms with Crippen LogP contribution in [0.1, 0.15) is 50.7 Å². The molecule has 2 aromatic rings. The van der Waals surface area contributed by atoms with E-state index in [-0.39, 0.29) is 0 Å². The fraction of sp³-hybridized carbons (Fsp3) is 0.429. The Balaban J connectivity index is 2.49. The molecule has 0 unspecified atom stereocenters. The predicted molar refractivity (Wildman–Crippen MR) is 69.5 cm³/mol. The minimum Gasteiger partial charge on any atom is -0.291 e. The molecule has 0 aliphatic heterocycles. The minimum atomic E-state index is 0.511. The number of imidazole rings is 1. The molecule has 2 rings (SSSR count). The molecule has 0 saturated heterocycles. The second-order valence-electron chi connectivity index (χ2n) is 4.95. The van der Waals surface area contributed by atoms with Crippen LogP contribution in [-0.2, 0) is 0 Å². The maximum Gasteiger partial charge on any atom is 0.138 e. The summed E-state index contributed by atoms with van der Waals surface area (Å²) in [5.41, 5.74) is 2.71. The molecular weight excluding hydrogens is 210 g/mol. The van der Waals surface area contributed by atoms with Crippen LogP contribution >= 0.6 is 0 Å². The molecule has 0 atom stereocenters. The Morgan fingerprint density at radius 3 is 2.29 bits per heavy atom. The van der Waals surface area contributed by atoms with Gasteiger partial charge in [-0.1, -0.05) is 27.7 Å². The molecule has 0 aliphatic rings. The highest BCUT2D eigenvalue weighted by atomic mass is 15.1. The van der Waals surface area contributed by atoms with E-state index in [0.29, 0.717) is 11.8 Å². The number of hydrogen-bond acceptors (Lipinski definition) is 2. The van der Waals surface area contributed by atoms with E-state index in [4.69, 9.17) is 0 Å². The smallest absolute Gasteiger partial charge is 0.138 e. The molecule has 17 heavy (non-hydrogen) atoms. The zero-order valence-corrected chi connectivity index (χ0v) is 10.9. The summed E-state index contributed by atoms with van der Waals surface area (Å²) in [6.45, 7) is 8.86. The van der Waals surface area contributed by atoms with Crippen LogP contribution in [0.25, 0.3) is 5.82 Å². The lowest BCUT2D eigenvalue weighted by atomic mass is 9.92. The van der Waals surface area contributed by atoms with Crippen LogP contribution in [0.4, 0.5) is 0 Å². The second-order valence-corrected chi connectivity index (χ2v) is 4.95. The summed E-state index contributed by atoms with van der Waals surface area (Å²) in [5.74, 6) is 1.96. The molecule has 0 bridgehead atoms. The summed E-state index contributed by atoms with van der Waals surface area (Å²) in [4.78, 5) is 8.56. The molecule has 2 aromatic heterocycles. The van der Waals surface area contributed by atoms with Gasteiger partial charge in [-0.15, -0.1) is 0 Å². The van der Waals surface area contributed by atoms with Gasteiger partial charge in [-0.2, -0.15) is 0 Å². The lowest BCUT2D eigenvalue weighted by Crippen LogP contribution is -2.03. The van der Waals surface area contributed by atoms with Gasteiger partial charge in [0.25, 0.3) is 0 Å². The molecule has 0 aliphatic carbocycles. The van der Waals surface area contributed by atoms with E-state index in [2.05, 4.69) is 43.7 Å². The van der Waals surface area contributed by atoms with Crippen molar-refractivity contribution in [2.24, 2.45) is 0 Å². The fourth-order valence-electron chi connectivity index (χ4n) is 1.99. The third-order valence-electron chi connectivity index (χ3n) is 2.97. The van der Waals surface area contributed by atoms with Crippen molar-refractivity contribution < 1.29 is 0 Å². The molecule has 0 fully saturated rings. The minimum absolute atomic E-state index is 0.511. The van der Waals surface area contributed by atoms with Gasteiger partial charge in [-0.05, 0) is 29.0 Å². The molecule has 0 radical (unpaired) electrons. The predicted octanol–water partition coefficient (Wildman–Crippen LogP) is 3.51. The maximum atomic E-state index is 4.51. The van der Waals surface area contributed by atoms with E-state index in [9.17, 15) is 0 Å². The molecule has 0 aromatic carbocycles. The highest BCUT2D eigenvalue weighted by Gasteiger charge is 2.12. The molecule has 0 N–H and O–H groups in total. The standard InChI is InChI=1S/C14H19N3/c1-10(2)12-7-14(17-6-5-15-9-17)16-8-13(12)11(3)4/h5-11H,1-4H3. The first kappa shape index (κ1) is 11.8. The summed E-state index contributed by atoms with van der Waals surface area (Å²) in [7, 11) is 0.